The molecule has 174 valence electrons. The molecule has 5 fully saturated rings. The molecule has 5 heteroatoms. The van der Waals surface area contributed by atoms with Gasteiger partial charge in [-0.1, -0.05) is 13.0 Å². The molecule has 3 aliphatic heterocycles. The lowest BCUT2D eigenvalue weighted by Gasteiger charge is -2.51. The van der Waals surface area contributed by atoms with Crippen LogP contribution in [-0.2, 0) is 14.3 Å². The Morgan fingerprint density at radius 3 is 2.59 bits per heavy atom. The van der Waals surface area contributed by atoms with E-state index in [4.69, 9.17) is 9.47 Å². The van der Waals surface area contributed by atoms with E-state index in [-0.39, 0.29) is 29.0 Å². The fraction of sp³-hybridized carbons (Fsp3) is 0.741. The first-order valence-corrected chi connectivity index (χ1v) is 12.8. The second-order valence-corrected chi connectivity index (χ2v) is 11.7. The molecule has 1 spiro atoms. The fourth-order valence-corrected chi connectivity index (χ4v) is 7.55. The van der Waals surface area contributed by atoms with Gasteiger partial charge in [0.05, 0.1) is 18.1 Å². The van der Waals surface area contributed by atoms with Crippen LogP contribution >= 0.6 is 0 Å². The molecule has 0 unspecified atom stereocenters. The van der Waals surface area contributed by atoms with Crippen molar-refractivity contribution in [3.8, 4) is 0 Å². The zero-order valence-electron chi connectivity index (χ0n) is 19.9. The first kappa shape index (κ1) is 21.0. The highest BCUT2D eigenvalue weighted by molar-refractivity contribution is 5.75. The number of anilines is 1. The summed E-state index contributed by atoms with van der Waals surface area (Å²) in [6.45, 7) is 12.7. The summed E-state index contributed by atoms with van der Waals surface area (Å²) >= 11 is 0. The Hall–Kier alpha value is -1.59. The molecule has 3 saturated heterocycles. The molecule has 0 bridgehead atoms. The third kappa shape index (κ3) is 3.38. The van der Waals surface area contributed by atoms with Crippen molar-refractivity contribution in [1.29, 1.82) is 0 Å². The number of nitrogens with zero attached hydrogens (tertiary/aromatic N) is 2. The number of hydrogen-bond acceptors (Lipinski definition) is 5. The zero-order chi connectivity index (χ0) is 22.1. The molecule has 1 aromatic rings. The van der Waals surface area contributed by atoms with E-state index in [9.17, 15) is 4.79 Å². The summed E-state index contributed by atoms with van der Waals surface area (Å²) in [6.07, 6.45) is 6.00. The normalized spacial score (nSPS) is 41.3. The van der Waals surface area contributed by atoms with Gasteiger partial charge < -0.3 is 14.4 Å². The lowest BCUT2D eigenvalue weighted by molar-refractivity contribution is -0.147. The highest BCUT2D eigenvalue weighted by Gasteiger charge is 2.65. The van der Waals surface area contributed by atoms with Gasteiger partial charge in [0.1, 0.15) is 6.10 Å². The van der Waals surface area contributed by atoms with Crippen LogP contribution < -0.4 is 4.90 Å². The van der Waals surface area contributed by atoms with Gasteiger partial charge >= 0.3 is 5.97 Å². The lowest BCUT2D eigenvalue weighted by Crippen LogP contribution is -2.52. The summed E-state index contributed by atoms with van der Waals surface area (Å²) < 4.78 is 12.1. The predicted molar refractivity (Wildman–Crippen MR) is 125 cm³/mol. The molecule has 6 rings (SSSR count). The molecule has 0 radical (unpaired) electrons. The minimum absolute atomic E-state index is 0.0374. The largest absolute Gasteiger partial charge is 0.462 e. The van der Waals surface area contributed by atoms with E-state index in [2.05, 4.69) is 48.8 Å². The van der Waals surface area contributed by atoms with Crippen molar-refractivity contribution in [1.82, 2.24) is 4.90 Å². The average molecular weight is 439 g/mol. The molecule has 32 heavy (non-hydrogen) atoms. The molecule has 1 aromatic carbocycles. The Bertz CT molecular complexity index is 904. The maximum absolute atomic E-state index is 13.0. The number of benzene rings is 1. The third-order valence-electron chi connectivity index (χ3n) is 9.76. The van der Waals surface area contributed by atoms with Crippen LogP contribution in [0.25, 0.3) is 0 Å². The molecular formula is C27H38N2O3. The number of fused-ring (bicyclic) bond motifs is 3. The summed E-state index contributed by atoms with van der Waals surface area (Å²) in [5, 5.41) is 0. The molecule has 5 aliphatic rings. The van der Waals surface area contributed by atoms with Gasteiger partial charge in [0, 0.05) is 44.3 Å². The topological polar surface area (TPSA) is 45.3 Å². The van der Waals surface area contributed by atoms with Crippen molar-refractivity contribution in [3.05, 3.63) is 29.3 Å². The number of aryl methyl sites for hydroxylation is 2. The summed E-state index contributed by atoms with van der Waals surface area (Å²) in [6, 6.07) is 6.78. The number of ether oxygens (including phenoxy) is 2. The molecule has 0 N–H and O–H groups in total. The zero-order valence-corrected chi connectivity index (χ0v) is 19.9. The Labute approximate surface area is 192 Å². The number of rotatable bonds is 3. The second kappa shape index (κ2) is 7.46. The Morgan fingerprint density at radius 2 is 1.88 bits per heavy atom. The number of carbonyl (C=O) groups excluding carboxylic acids is 1. The van der Waals surface area contributed by atoms with E-state index >= 15 is 0 Å². The molecule has 6 atom stereocenters. The van der Waals surface area contributed by atoms with E-state index in [1.807, 2.05) is 0 Å². The van der Waals surface area contributed by atoms with E-state index in [0.717, 1.165) is 52.2 Å². The van der Waals surface area contributed by atoms with Crippen molar-refractivity contribution in [2.24, 2.45) is 23.2 Å². The average Bonchev–Trinajstić information content (AvgIpc) is 3.47. The van der Waals surface area contributed by atoms with Crippen molar-refractivity contribution >= 4 is 11.7 Å². The Balaban J connectivity index is 1.11. The fourth-order valence-electron chi connectivity index (χ4n) is 7.55. The molecule has 2 saturated carbocycles. The van der Waals surface area contributed by atoms with Gasteiger partial charge in [-0.3, -0.25) is 9.69 Å². The molecule has 0 amide bonds. The summed E-state index contributed by atoms with van der Waals surface area (Å²) in [4.78, 5) is 18.0. The summed E-state index contributed by atoms with van der Waals surface area (Å²) in [5.41, 5.74) is 4.44. The van der Waals surface area contributed by atoms with Crippen LogP contribution in [-0.4, -0.2) is 61.9 Å². The quantitative estimate of drug-likeness (QED) is 0.528. The van der Waals surface area contributed by atoms with Gasteiger partial charge in [-0.05, 0) is 80.5 Å². The standard InChI is InChI=1S/C27H38N2O3/c1-18-5-6-20(13-19(18)2)29-11-9-28(10-12-29)16-22-21-14-24-26(3,15-23(21)32-25(22)30)7-4-8-27(24)17-31-27/h5-6,13,21-24H,4,7-12,14-17H2,1-3H3/t21-,22+,23+,24-,26+,27-/m0/s1. The van der Waals surface area contributed by atoms with Gasteiger partial charge in [0.25, 0.3) is 0 Å². The number of esters is 1. The number of hydrogen-bond donors (Lipinski definition) is 0. The molecule has 2 aliphatic carbocycles. The Kier molecular flexibility index (Phi) is 4.89. The second-order valence-electron chi connectivity index (χ2n) is 11.7. The third-order valence-corrected chi connectivity index (χ3v) is 9.76. The number of piperazine rings is 1. The van der Waals surface area contributed by atoms with E-state index in [1.54, 1.807) is 0 Å². The number of epoxide rings is 1. The summed E-state index contributed by atoms with van der Waals surface area (Å²) in [7, 11) is 0. The van der Waals surface area contributed by atoms with Gasteiger partial charge in [-0.2, -0.15) is 0 Å². The minimum atomic E-state index is 0.0374. The van der Waals surface area contributed by atoms with Gasteiger partial charge in [0.2, 0.25) is 0 Å². The van der Waals surface area contributed by atoms with Gasteiger partial charge in [-0.25, -0.2) is 0 Å². The van der Waals surface area contributed by atoms with Crippen LogP contribution in [0.5, 0.6) is 0 Å². The molecule has 5 nitrogen and oxygen atoms in total. The maximum Gasteiger partial charge on any atom is 0.310 e. The molecule has 0 aromatic heterocycles. The minimum Gasteiger partial charge on any atom is -0.462 e. The van der Waals surface area contributed by atoms with E-state index < -0.39 is 0 Å². The van der Waals surface area contributed by atoms with E-state index in [1.165, 1.54) is 36.1 Å². The summed E-state index contributed by atoms with van der Waals surface area (Å²) in [5.74, 6) is 1.07. The maximum atomic E-state index is 13.0. The van der Waals surface area contributed by atoms with Crippen LogP contribution in [0, 0.1) is 37.0 Å². The highest BCUT2D eigenvalue weighted by Crippen LogP contribution is 2.62. The predicted octanol–water partition coefficient (Wildman–Crippen LogP) is 3.95. The van der Waals surface area contributed by atoms with Crippen LogP contribution in [0.1, 0.15) is 50.2 Å². The van der Waals surface area contributed by atoms with Crippen LogP contribution in [0.3, 0.4) is 0 Å². The van der Waals surface area contributed by atoms with Crippen LogP contribution in [0.2, 0.25) is 0 Å². The van der Waals surface area contributed by atoms with Gasteiger partial charge in [-0.15, -0.1) is 0 Å². The first-order chi connectivity index (χ1) is 15.4. The van der Waals surface area contributed by atoms with Crippen LogP contribution in [0.4, 0.5) is 5.69 Å². The highest BCUT2D eigenvalue weighted by atomic mass is 16.6. The van der Waals surface area contributed by atoms with Crippen molar-refractivity contribution in [2.45, 2.75) is 64.6 Å². The SMILES string of the molecule is Cc1ccc(N2CCN(C[C@H]3C(=O)O[C@@H]4C[C@@]5(C)CCC[C@]6(CO6)[C@H]5C[C@H]43)CC2)cc1C. The molecule has 3 heterocycles. The van der Waals surface area contributed by atoms with Crippen molar-refractivity contribution in [2.75, 3.05) is 44.2 Å². The first-order valence-electron chi connectivity index (χ1n) is 12.8. The van der Waals surface area contributed by atoms with Crippen molar-refractivity contribution in [3.63, 3.8) is 0 Å². The van der Waals surface area contributed by atoms with Crippen LogP contribution in [0.15, 0.2) is 18.2 Å². The molecular weight excluding hydrogens is 400 g/mol. The van der Waals surface area contributed by atoms with Crippen molar-refractivity contribution < 1.29 is 14.3 Å². The van der Waals surface area contributed by atoms with Gasteiger partial charge in [0.15, 0.2) is 0 Å². The smallest absolute Gasteiger partial charge is 0.310 e. The number of carbonyl (C=O) groups is 1. The lowest BCUT2D eigenvalue weighted by atomic mass is 9.53. The Morgan fingerprint density at radius 1 is 1.09 bits per heavy atom. The monoisotopic (exact) mass is 438 g/mol. The van der Waals surface area contributed by atoms with E-state index in [0.29, 0.717) is 11.8 Å².